The van der Waals surface area contributed by atoms with E-state index in [2.05, 4.69) is 15.9 Å². The van der Waals surface area contributed by atoms with Crippen LogP contribution in [0.5, 0.6) is 0 Å². The molecular weight excluding hydrogens is 374 g/mol. The molecule has 0 amide bonds. The second-order valence-electron chi connectivity index (χ2n) is 4.55. The Balaban J connectivity index is 2.72. The second-order valence-corrected chi connectivity index (χ2v) is 5.11. The van der Waals surface area contributed by atoms with Crippen LogP contribution in [0.3, 0.4) is 0 Å². The molecule has 0 bridgehead atoms. The molecule has 0 aromatic heterocycles. The normalized spacial score (nSPS) is 12.5. The minimum Gasteiger partial charge on any atom is -0.166 e. The molecule has 7 heteroatoms. The molecule has 0 aliphatic rings. The maximum absolute atomic E-state index is 13.1. The standard InChI is InChI=1S/C15H9BrF6/c16-8-9-5-6-10(14(17,18)19)7-12(9)11-3-1-2-4-13(11)15(20,21)22/h1-7H,8H2. The SMILES string of the molecule is FC(F)(F)c1ccc(CBr)c(-c2ccccc2C(F)(F)F)c1. The van der Waals surface area contributed by atoms with Crippen LogP contribution in [0.25, 0.3) is 11.1 Å². The van der Waals surface area contributed by atoms with Gasteiger partial charge in [0.1, 0.15) is 0 Å². The van der Waals surface area contributed by atoms with Crippen molar-refractivity contribution in [2.24, 2.45) is 0 Å². The molecular formula is C15H9BrF6. The van der Waals surface area contributed by atoms with Crippen LogP contribution >= 0.6 is 15.9 Å². The predicted molar refractivity (Wildman–Crippen MR) is 74.5 cm³/mol. The van der Waals surface area contributed by atoms with Crippen molar-refractivity contribution in [3.8, 4) is 11.1 Å². The number of benzene rings is 2. The molecule has 0 saturated heterocycles. The molecule has 22 heavy (non-hydrogen) atoms. The fourth-order valence-electron chi connectivity index (χ4n) is 2.09. The Bertz CT molecular complexity index is 672. The van der Waals surface area contributed by atoms with E-state index in [1.165, 1.54) is 24.3 Å². The van der Waals surface area contributed by atoms with Gasteiger partial charge in [0.2, 0.25) is 0 Å². The zero-order chi connectivity index (χ0) is 16.5. The Morgan fingerprint density at radius 2 is 1.41 bits per heavy atom. The van der Waals surface area contributed by atoms with Crippen LogP contribution in [-0.4, -0.2) is 0 Å². The third-order valence-electron chi connectivity index (χ3n) is 3.10. The van der Waals surface area contributed by atoms with Gasteiger partial charge in [-0.05, 0) is 34.9 Å². The third-order valence-corrected chi connectivity index (χ3v) is 3.71. The molecule has 118 valence electrons. The largest absolute Gasteiger partial charge is 0.417 e. The summed E-state index contributed by atoms with van der Waals surface area (Å²) in [6.07, 6.45) is -9.26. The lowest BCUT2D eigenvalue weighted by atomic mass is 9.94. The van der Waals surface area contributed by atoms with E-state index in [1.807, 2.05) is 0 Å². The lowest BCUT2D eigenvalue weighted by Gasteiger charge is -2.17. The smallest absolute Gasteiger partial charge is 0.166 e. The van der Waals surface area contributed by atoms with Crippen LogP contribution in [0.2, 0.25) is 0 Å². The van der Waals surface area contributed by atoms with Gasteiger partial charge in [-0.2, -0.15) is 26.3 Å². The van der Waals surface area contributed by atoms with E-state index >= 15 is 0 Å². The summed E-state index contributed by atoms with van der Waals surface area (Å²) >= 11 is 3.09. The summed E-state index contributed by atoms with van der Waals surface area (Å²) in [5.41, 5.74) is -1.94. The molecule has 0 spiro atoms. The summed E-state index contributed by atoms with van der Waals surface area (Å²) in [7, 11) is 0. The van der Waals surface area contributed by atoms with Crippen molar-refractivity contribution in [2.75, 3.05) is 0 Å². The summed E-state index contributed by atoms with van der Waals surface area (Å²) < 4.78 is 77.7. The van der Waals surface area contributed by atoms with E-state index in [0.717, 1.165) is 18.2 Å². The first-order chi connectivity index (χ1) is 10.1. The van der Waals surface area contributed by atoms with Crippen LogP contribution in [-0.2, 0) is 17.7 Å². The number of hydrogen-bond donors (Lipinski definition) is 0. The van der Waals surface area contributed by atoms with E-state index in [0.29, 0.717) is 5.56 Å². The summed E-state index contributed by atoms with van der Waals surface area (Å²) in [5.74, 6) is 0. The molecule has 2 aromatic rings. The Hall–Kier alpha value is -1.50. The van der Waals surface area contributed by atoms with Crippen molar-refractivity contribution in [2.45, 2.75) is 17.7 Å². The molecule has 0 N–H and O–H groups in total. The van der Waals surface area contributed by atoms with Gasteiger partial charge in [-0.15, -0.1) is 0 Å². The first-order valence-electron chi connectivity index (χ1n) is 6.07. The highest BCUT2D eigenvalue weighted by molar-refractivity contribution is 9.08. The Labute approximate surface area is 130 Å². The van der Waals surface area contributed by atoms with Crippen molar-refractivity contribution in [1.82, 2.24) is 0 Å². The molecule has 2 rings (SSSR count). The fraction of sp³-hybridized carbons (Fsp3) is 0.200. The third kappa shape index (κ3) is 3.45. The summed E-state index contributed by atoms with van der Waals surface area (Å²) in [6, 6.07) is 7.38. The fourth-order valence-corrected chi connectivity index (χ4v) is 2.57. The van der Waals surface area contributed by atoms with Gasteiger partial charge < -0.3 is 0 Å². The zero-order valence-corrected chi connectivity index (χ0v) is 12.5. The quantitative estimate of drug-likeness (QED) is 0.423. The summed E-state index contributed by atoms with van der Waals surface area (Å²) in [6.45, 7) is 0. The van der Waals surface area contributed by atoms with Crippen molar-refractivity contribution in [3.05, 3.63) is 59.2 Å². The highest BCUT2D eigenvalue weighted by Gasteiger charge is 2.35. The zero-order valence-electron chi connectivity index (χ0n) is 10.9. The van der Waals surface area contributed by atoms with Crippen LogP contribution in [0.4, 0.5) is 26.3 Å². The van der Waals surface area contributed by atoms with Gasteiger partial charge in [-0.3, -0.25) is 0 Å². The monoisotopic (exact) mass is 382 g/mol. The number of rotatable bonds is 2. The molecule has 0 atom stereocenters. The van der Waals surface area contributed by atoms with Gasteiger partial charge in [0.15, 0.2) is 0 Å². The number of halogens is 7. The van der Waals surface area contributed by atoms with Gasteiger partial charge >= 0.3 is 12.4 Å². The van der Waals surface area contributed by atoms with Gasteiger partial charge in [0, 0.05) is 5.33 Å². The minimum atomic E-state index is -4.64. The number of hydrogen-bond acceptors (Lipinski definition) is 0. The molecule has 0 nitrogen and oxygen atoms in total. The average Bonchev–Trinajstić information content (AvgIpc) is 2.44. The van der Waals surface area contributed by atoms with Crippen LogP contribution in [0.15, 0.2) is 42.5 Å². The van der Waals surface area contributed by atoms with Crippen LogP contribution in [0, 0.1) is 0 Å². The molecule has 0 saturated carbocycles. The first-order valence-corrected chi connectivity index (χ1v) is 7.19. The lowest BCUT2D eigenvalue weighted by molar-refractivity contribution is -0.137. The van der Waals surface area contributed by atoms with Crippen molar-refractivity contribution in [1.29, 1.82) is 0 Å². The highest BCUT2D eigenvalue weighted by Crippen LogP contribution is 2.40. The first kappa shape index (κ1) is 16.9. The topological polar surface area (TPSA) is 0 Å². The van der Waals surface area contributed by atoms with E-state index < -0.39 is 23.5 Å². The maximum atomic E-state index is 13.1. The van der Waals surface area contributed by atoms with E-state index in [4.69, 9.17) is 0 Å². The molecule has 0 radical (unpaired) electrons. The number of alkyl halides is 7. The van der Waals surface area contributed by atoms with E-state index in [9.17, 15) is 26.3 Å². The Kier molecular flexibility index (Phi) is 4.56. The molecule has 0 heterocycles. The Morgan fingerprint density at radius 1 is 0.773 bits per heavy atom. The molecule has 2 aromatic carbocycles. The molecule has 0 aliphatic heterocycles. The van der Waals surface area contributed by atoms with Crippen molar-refractivity contribution in [3.63, 3.8) is 0 Å². The average molecular weight is 383 g/mol. The predicted octanol–water partition coefficient (Wildman–Crippen LogP) is 6.29. The van der Waals surface area contributed by atoms with Gasteiger partial charge in [0.25, 0.3) is 0 Å². The Morgan fingerprint density at radius 3 is 1.95 bits per heavy atom. The minimum absolute atomic E-state index is 0.0837. The lowest BCUT2D eigenvalue weighted by Crippen LogP contribution is -2.09. The van der Waals surface area contributed by atoms with Gasteiger partial charge in [0.05, 0.1) is 11.1 Å². The van der Waals surface area contributed by atoms with Crippen molar-refractivity contribution >= 4 is 15.9 Å². The van der Waals surface area contributed by atoms with Crippen LogP contribution in [0.1, 0.15) is 16.7 Å². The summed E-state index contributed by atoms with van der Waals surface area (Å²) in [4.78, 5) is 0. The summed E-state index contributed by atoms with van der Waals surface area (Å²) in [5, 5.41) is 0.145. The van der Waals surface area contributed by atoms with Gasteiger partial charge in [-0.25, -0.2) is 0 Å². The van der Waals surface area contributed by atoms with Gasteiger partial charge in [-0.1, -0.05) is 40.2 Å². The van der Waals surface area contributed by atoms with Crippen LogP contribution < -0.4 is 0 Å². The van der Waals surface area contributed by atoms with E-state index in [1.54, 1.807) is 0 Å². The molecule has 0 fully saturated rings. The second kappa shape index (κ2) is 5.95. The maximum Gasteiger partial charge on any atom is 0.417 e. The van der Waals surface area contributed by atoms with E-state index in [-0.39, 0.29) is 16.5 Å². The molecule has 0 unspecified atom stereocenters. The van der Waals surface area contributed by atoms with Crippen molar-refractivity contribution < 1.29 is 26.3 Å². The highest BCUT2D eigenvalue weighted by atomic mass is 79.9. The molecule has 0 aliphatic carbocycles.